The highest BCUT2D eigenvalue weighted by molar-refractivity contribution is 9.10. The fraction of sp³-hybridized carbons (Fsp3) is 0.647. The predicted octanol–water partition coefficient (Wildman–Crippen LogP) is 2.51. The second kappa shape index (κ2) is 6.61. The number of halogens is 1. The number of fused-ring (bicyclic) bond motifs is 1. The third-order valence-electron chi connectivity index (χ3n) is 5.71. The molecular formula is C17H25BrN6. The van der Waals surface area contributed by atoms with Gasteiger partial charge in [0.25, 0.3) is 0 Å². The lowest BCUT2D eigenvalue weighted by atomic mass is 9.89. The van der Waals surface area contributed by atoms with E-state index in [1.54, 1.807) is 6.33 Å². The first-order chi connectivity index (χ1) is 11.6. The van der Waals surface area contributed by atoms with Crippen LogP contribution in [0.4, 0.5) is 5.82 Å². The van der Waals surface area contributed by atoms with Crippen molar-refractivity contribution in [2.24, 2.45) is 0 Å². The standard InChI is InChI=1S/C17H25BrN6/c1-22-6-8-23(9-7-22)12-2-4-13(5-3-12)24-10-14(18)15-16(19)20-11-21-17(15)24/h10-13H,2-9H2,1H3,(H2,19,20,21). The van der Waals surface area contributed by atoms with E-state index in [-0.39, 0.29) is 0 Å². The van der Waals surface area contributed by atoms with Gasteiger partial charge in [0.15, 0.2) is 0 Å². The number of nitrogen functional groups attached to an aromatic ring is 1. The summed E-state index contributed by atoms with van der Waals surface area (Å²) in [6, 6.07) is 1.26. The van der Waals surface area contributed by atoms with Crippen molar-refractivity contribution in [3.63, 3.8) is 0 Å². The number of hydrogen-bond donors (Lipinski definition) is 1. The van der Waals surface area contributed by atoms with Crippen LogP contribution in [0.25, 0.3) is 11.0 Å². The summed E-state index contributed by atoms with van der Waals surface area (Å²) in [5.41, 5.74) is 6.98. The molecular weight excluding hydrogens is 368 g/mol. The van der Waals surface area contributed by atoms with E-state index >= 15 is 0 Å². The molecule has 2 aromatic rings. The summed E-state index contributed by atoms with van der Waals surface area (Å²) in [6.07, 6.45) is 8.65. The summed E-state index contributed by atoms with van der Waals surface area (Å²) in [5, 5.41) is 0.943. The molecule has 0 bridgehead atoms. The Morgan fingerprint density at radius 3 is 2.42 bits per heavy atom. The lowest BCUT2D eigenvalue weighted by Gasteiger charge is -2.41. The van der Waals surface area contributed by atoms with Crippen LogP contribution in [0.15, 0.2) is 17.0 Å². The van der Waals surface area contributed by atoms with E-state index in [0.29, 0.717) is 11.9 Å². The van der Waals surface area contributed by atoms with Crippen molar-refractivity contribution in [1.82, 2.24) is 24.3 Å². The SMILES string of the molecule is CN1CCN(C2CCC(n3cc(Br)c4c(N)ncnc43)CC2)CC1. The molecule has 1 aliphatic carbocycles. The third kappa shape index (κ3) is 2.93. The van der Waals surface area contributed by atoms with Crippen molar-refractivity contribution >= 4 is 32.8 Å². The topological polar surface area (TPSA) is 63.2 Å². The van der Waals surface area contributed by atoms with E-state index < -0.39 is 0 Å². The summed E-state index contributed by atoms with van der Waals surface area (Å²) in [6.45, 7) is 4.83. The van der Waals surface area contributed by atoms with E-state index in [4.69, 9.17) is 5.73 Å². The second-order valence-electron chi connectivity index (χ2n) is 7.14. The van der Waals surface area contributed by atoms with Gasteiger partial charge >= 0.3 is 0 Å². The first-order valence-corrected chi connectivity index (χ1v) is 9.62. The molecule has 3 heterocycles. The van der Waals surface area contributed by atoms with Gasteiger partial charge < -0.3 is 15.2 Å². The highest BCUT2D eigenvalue weighted by Gasteiger charge is 2.29. The van der Waals surface area contributed by atoms with Crippen LogP contribution in [0.5, 0.6) is 0 Å². The highest BCUT2D eigenvalue weighted by Crippen LogP contribution is 2.37. The quantitative estimate of drug-likeness (QED) is 0.850. The summed E-state index contributed by atoms with van der Waals surface area (Å²) >= 11 is 3.62. The lowest BCUT2D eigenvalue weighted by molar-refractivity contribution is 0.0827. The normalized spacial score (nSPS) is 26.9. The fourth-order valence-electron chi connectivity index (χ4n) is 4.23. The van der Waals surface area contributed by atoms with Gasteiger partial charge in [-0.1, -0.05) is 0 Å². The number of piperazine rings is 1. The molecule has 1 saturated carbocycles. The van der Waals surface area contributed by atoms with Gasteiger partial charge in [-0.3, -0.25) is 4.90 Å². The van der Waals surface area contributed by atoms with E-state index in [1.165, 1.54) is 51.9 Å². The Morgan fingerprint density at radius 2 is 1.71 bits per heavy atom. The monoisotopic (exact) mass is 392 g/mol. The van der Waals surface area contributed by atoms with Crippen LogP contribution in [0.2, 0.25) is 0 Å². The van der Waals surface area contributed by atoms with Crippen LogP contribution >= 0.6 is 15.9 Å². The Morgan fingerprint density at radius 1 is 1.04 bits per heavy atom. The molecule has 2 fully saturated rings. The van der Waals surface area contributed by atoms with Gasteiger partial charge in [-0.15, -0.1) is 0 Å². The van der Waals surface area contributed by atoms with Crippen molar-refractivity contribution in [2.45, 2.75) is 37.8 Å². The van der Waals surface area contributed by atoms with Crippen molar-refractivity contribution in [1.29, 1.82) is 0 Å². The number of nitrogens with zero attached hydrogens (tertiary/aromatic N) is 5. The largest absolute Gasteiger partial charge is 0.383 e. The maximum absolute atomic E-state index is 6.03. The Bertz CT molecular complexity index is 713. The fourth-order valence-corrected chi connectivity index (χ4v) is 4.83. The van der Waals surface area contributed by atoms with Crippen molar-refractivity contribution < 1.29 is 0 Å². The number of rotatable bonds is 2. The number of aromatic nitrogens is 3. The number of hydrogen-bond acceptors (Lipinski definition) is 5. The first-order valence-electron chi connectivity index (χ1n) is 8.82. The van der Waals surface area contributed by atoms with Crippen molar-refractivity contribution in [3.05, 3.63) is 17.0 Å². The van der Waals surface area contributed by atoms with Gasteiger partial charge in [-0.25, -0.2) is 9.97 Å². The molecule has 1 aliphatic heterocycles. The molecule has 4 rings (SSSR count). The minimum absolute atomic E-state index is 0.511. The van der Waals surface area contributed by atoms with Gasteiger partial charge in [0.1, 0.15) is 17.8 Å². The zero-order valence-corrected chi connectivity index (χ0v) is 15.7. The van der Waals surface area contributed by atoms with Crippen molar-refractivity contribution in [2.75, 3.05) is 39.0 Å². The predicted molar refractivity (Wildman–Crippen MR) is 100 cm³/mol. The van der Waals surface area contributed by atoms with E-state index in [0.717, 1.165) is 21.5 Å². The molecule has 0 radical (unpaired) electrons. The minimum Gasteiger partial charge on any atom is -0.383 e. The average molecular weight is 393 g/mol. The van der Waals surface area contributed by atoms with Gasteiger partial charge in [0.2, 0.25) is 0 Å². The molecule has 2 N–H and O–H groups in total. The lowest BCUT2D eigenvalue weighted by Crippen LogP contribution is -2.49. The Kier molecular flexibility index (Phi) is 4.49. The Labute approximate surface area is 151 Å². The zero-order chi connectivity index (χ0) is 16.7. The smallest absolute Gasteiger partial charge is 0.146 e. The van der Waals surface area contributed by atoms with Crippen LogP contribution < -0.4 is 5.73 Å². The van der Waals surface area contributed by atoms with Gasteiger partial charge in [0, 0.05) is 48.9 Å². The van der Waals surface area contributed by atoms with Crippen LogP contribution in [0, 0.1) is 0 Å². The van der Waals surface area contributed by atoms with Gasteiger partial charge in [-0.2, -0.15) is 0 Å². The van der Waals surface area contributed by atoms with Crippen LogP contribution in [-0.2, 0) is 0 Å². The molecule has 2 aliphatic rings. The first kappa shape index (κ1) is 16.3. The maximum atomic E-state index is 6.03. The molecule has 0 amide bonds. The van der Waals surface area contributed by atoms with E-state index in [2.05, 4.69) is 53.5 Å². The summed E-state index contributed by atoms with van der Waals surface area (Å²) in [7, 11) is 2.22. The van der Waals surface area contributed by atoms with Crippen LogP contribution in [0.3, 0.4) is 0 Å². The van der Waals surface area contributed by atoms with Crippen LogP contribution in [0.1, 0.15) is 31.7 Å². The summed E-state index contributed by atoms with van der Waals surface area (Å²) in [4.78, 5) is 13.7. The Balaban J connectivity index is 1.47. The highest BCUT2D eigenvalue weighted by atomic mass is 79.9. The van der Waals surface area contributed by atoms with Gasteiger partial charge in [-0.05, 0) is 48.7 Å². The molecule has 2 aromatic heterocycles. The van der Waals surface area contributed by atoms with E-state index in [1.807, 2.05) is 0 Å². The second-order valence-corrected chi connectivity index (χ2v) is 8.00. The molecule has 7 heteroatoms. The van der Waals surface area contributed by atoms with Crippen molar-refractivity contribution in [3.8, 4) is 0 Å². The zero-order valence-electron chi connectivity index (χ0n) is 14.2. The molecule has 1 saturated heterocycles. The van der Waals surface area contributed by atoms with E-state index in [9.17, 15) is 0 Å². The molecule has 130 valence electrons. The summed E-state index contributed by atoms with van der Waals surface area (Å²) < 4.78 is 3.30. The van der Waals surface area contributed by atoms with Gasteiger partial charge in [0.05, 0.1) is 5.39 Å². The maximum Gasteiger partial charge on any atom is 0.146 e. The molecule has 0 spiro atoms. The molecule has 6 nitrogen and oxygen atoms in total. The number of anilines is 1. The minimum atomic E-state index is 0.511. The summed E-state index contributed by atoms with van der Waals surface area (Å²) in [5.74, 6) is 0.553. The Hall–Kier alpha value is -1.18. The molecule has 0 aromatic carbocycles. The molecule has 24 heavy (non-hydrogen) atoms. The third-order valence-corrected chi connectivity index (χ3v) is 6.31. The average Bonchev–Trinajstić information content (AvgIpc) is 2.94. The number of nitrogens with two attached hydrogens (primary N) is 1. The molecule has 0 unspecified atom stereocenters. The number of likely N-dealkylation sites (N-methyl/N-ethyl adjacent to an activating group) is 1. The molecule has 0 atom stereocenters. The van der Waals surface area contributed by atoms with Crippen LogP contribution in [-0.4, -0.2) is 63.6 Å².